The van der Waals surface area contributed by atoms with Crippen LogP contribution in [0, 0.1) is 6.92 Å². The fraction of sp³-hybridized carbons (Fsp3) is 0.481. The molecule has 1 aliphatic rings. The molecule has 2 aromatic carbocycles. The summed E-state index contributed by atoms with van der Waals surface area (Å²) in [5, 5.41) is 0. The molecule has 39 heavy (non-hydrogen) atoms. The summed E-state index contributed by atoms with van der Waals surface area (Å²) >= 11 is 0. The first-order chi connectivity index (χ1) is 18.9. The molecule has 0 fully saturated rings. The summed E-state index contributed by atoms with van der Waals surface area (Å²) in [6.45, 7) is 5.35. The second kappa shape index (κ2) is 16.4. The van der Waals surface area contributed by atoms with Crippen LogP contribution in [0.1, 0.15) is 26.3 Å². The minimum absolute atomic E-state index is 0.0725. The second-order valence-electron chi connectivity index (χ2n) is 8.46. The van der Waals surface area contributed by atoms with E-state index in [1.54, 1.807) is 36.4 Å². The van der Waals surface area contributed by atoms with E-state index in [4.69, 9.17) is 27.9 Å². The van der Waals surface area contributed by atoms with Gasteiger partial charge in [0, 0.05) is 0 Å². The molecule has 0 spiro atoms. The number of rotatable bonds is 20. The van der Waals surface area contributed by atoms with E-state index in [1.807, 2.05) is 6.92 Å². The highest BCUT2D eigenvalue weighted by atomic mass is 32.2. The lowest BCUT2D eigenvalue weighted by Gasteiger charge is -2.13. The Kier molecular flexibility index (Phi) is 13.0. The SMILES string of the molecule is Cc1ccc(S(=O)(=O)OCCOCCOCCOCCOCCOCCN2C(=O)c3ccccc3C2=O)cc1. The third kappa shape index (κ3) is 10.1. The van der Waals surface area contributed by atoms with E-state index < -0.39 is 10.1 Å². The lowest BCUT2D eigenvalue weighted by Crippen LogP contribution is -2.33. The van der Waals surface area contributed by atoms with Gasteiger partial charge < -0.3 is 23.7 Å². The highest BCUT2D eigenvalue weighted by Gasteiger charge is 2.34. The Hall–Kier alpha value is -2.71. The molecule has 0 aliphatic carbocycles. The van der Waals surface area contributed by atoms with E-state index in [2.05, 4.69) is 0 Å². The predicted octanol–water partition coefficient (Wildman–Crippen LogP) is 2.08. The first-order valence-electron chi connectivity index (χ1n) is 12.7. The zero-order chi connectivity index (χ0) is 27.9. The fourth-order valence-corrected chi connectivity index (χ4v) is 4.45. The normalized spacial score (nSPS) is 13.3. The molecule has 12 heteroatoms. The maximum atomic E-state index is 12.3. The van der Waals surface area contributed by atoms with Gasteiger partial charge in [-0.15, -0.1) is 0 Å². The second-order valence-corrected chi connectivity index (χ2v) is 10.1. The molecule has 1 heterocycles. The van der Waals surface area contributed by atoms with Crippen molar-refractivity contribution in [1.29, 1.82) is 0 Å². The summed E-state index contributed by atoms with van der Waals surface area (Å²) in [5.41, 5.74) is 1.83. The van der Waals surface area contributed by atoms with Gasteiger partial charge in [-0.3, -0.25) is 18.7 Å². The number of carbonyl (C=O) groups is 2. The molecular formula is C27H35NO10S. The van der Waals surface area contributed by atoms with Crippen LogP contribution in [0.3, 0.4) is 0 Å². The quantitative estimate of drug-likeness (QED) is 0.134. The van der Waals surface area contributed by atoms with Gasteiger partial charge in [0.15, 0.2) is 0 Å². The molecular weight excluding hydrogens is 530 g/mol. The van der Waals surface area contributed by atoms with Crippen LogP contribution in [0.2, 0.25) is 0 Å². The highest BCUT2D eigenvalue weighted by Crippen LogP contribution is 2.21. The topological polar surface area (TPSA) is 127 Å². The molecule has 0 aromatic heterocycles. The molecule has 0 atom stereocenters. The van der Waals surface area contributed by atoms with Crippen molar-refractivity contribution in [1.82, 2.24) is 4.90 Å². The van der Waals surface area contributed by atoms with E-state index in [1.165, 1.54) is 17.0 Å². The van der Waals surface area contributed by atoms with Crippen molar-refractivity contribution in [2.45, 2.75) is 11.8 Å². The zero-order valence-corrected chi connectivity index (χ0v) is 22.9. The van der Waals surface area contributed by atoms with Gasteiger partial charge >= 0.3 is 0 Å². The van der Waals surface area contributed by atoms with Crippen molar-refractivity contribution in [2.75, 3.05) is 79.2 Å². The Morgan fingerprint density at radius 1 is 0.590 bits per heavy atom. The summed E-state index contributed by atoms with van der Waals surface area (Å²) in [6.07, 6.45) is 0. The van der Waals surface area contributed by atoms with E-state index in [-0.39, 0.29) is 43.1 Å². The molecule has 0 radical (unpaired) electrons. The molecule has 0 saturated heterocycles. The average molecular weight is 566 g/mol. The highest BCUT2D eigenvalue weighted by molar-refractivity contribution is 7.86. The molecule has 2 aromatic rings. The van der Waals surface area contributed by atoms with Gasteiger partial charge in [0.2, 0.25) is 0 Å². The van der Waals surface area contributed by atoms with Gasteiger partial charge in [-0.2, -0.15) is 8.42 Å². The number of hydrogen-bond donors (Lipinski definition) is 0. The van der Waals surface area contributed by atoms with E-state index in [0.717, 1.165) is 5.56 Å². The third-order valence-electron chi connectivity index (χ3n) is 5.60. The Labute approximate surface area is 229 Å². The Balaban J connectivity index is 1.06. The number of carbonyl (C=O) groups excluding carboxylic acids is 2. The van der Waals surface area contributed by atoms with Gasteiger partial charge in [0.05, 0.1) is 95.2 Å². The number of fused-ring (bicyclic) bond motifs is 1. The van der Waals surface area contributed by atoms with Crippen molar-refractivity contribution in [3.05, 3.63) is 65.2 Å². The van der Waals surface area contributed by atoms with Gasteiger partial charge in [0.25, 0.3) is 21.9 Å². The van der Waals surface area contributed by atoms with Crippen LogP contribution < -0.4 is 0 Å². The van der Waals surface area contributed by atoms with Crippen LogP contribution in [0.25, 0.3) is 0 Å². The number of benzene rings is 2. The maximum absolute atomic E-state index is 12.3. The molecule has 0 saturated carbocycles. The van der Waals surface area contributed by atoms with Crippen molar-refractivity contribution in [3.8, 4) is 0 Å². The first kappa shape index (κ1) is 30.8. The summed E-state index contributed by atoms with van der Waals surface area (Å²) in [6, 6.07) is 13.2. The first-order valence-corrected chi connectivity index (χ1v) is 14.1. The molecule has 2 amide bonds. The molecule has 0 bridgehead atoms. The van der Waals surface area contributed by atoms with E-state index >= 15 is 0 Å². The molecule has 3 rings (SSSR count). The summed E-state index contributed by atoms with van der Waals surface area (Å²) in [7, 11) is -3.78. The Bertz CT molecular complexity index is 1120. The van der Waals surface area contributed by atoms with Gasteiger partial charge in [0.1, 0.15) is 0 Å². The number of aryl methyl sites for hydroxylation is 1. The van der Waals surface area contributed by atoms with Crippen LogP contribution in [0.5, 0.6) is 0 Å². The van der Waals surface area contributed by atoms with Crippen LogP contribution in [0.15, 0.2) is 53.4 Å². The third-order valence-corrected chi connectivity index (χ3v) is 6.93. The number of amides is 2. The minimum atomic E-state index is -3.78. The monoisotopic (exact) mass is 565 g/mol. The summed E-state index contributed by atoms with van der Waals surface area (Å²) in [4.78, 5) is 25.8. The van der Waals surface area contributed by atoms with Crippen LogP contribution in [-0.4, -0.2) is 104 Å². The number of nitrogens with zero attached hydrogens (tertiary/aromatic N) is 1. The van der Waals surface area contributed by atoms with Crippen molar-refractivity contribution >= 4 is 21.9 Å². The lowest BCUT2D eigenvalue weighted by molar-refractivity contribution is -0.0132. The van der Waals surface area contributed by atoms with Crippen molar-refractivity contribution < 1.29 is 45.9 Å². The number of ether oxygens (including phenoxy) is 5. The van der Waals surface area contributed by atoms with Crippen LogP contribution >= 0.6 is 0 Å². The van der Waals surface area contributed by atoms with Crippen molar-refractivity contribution in [3.63, 3.8) is 0 Å². The minimum Gasteiger partial charge on any atom is -0.377 e. The predicted molar refractivity (Wildman–Crippen MR) is 140 cm³/mol. The largest absolute Gasteiger partial charge is 0.377 e. The summed E-state index contributed by atoms with van der Waals surface area (Å²) < 4.78 is 56.1. The van der Waals surface area contributed by atoms with Crippen LogP contribution in [-0.2, 0) is 38.0 Å². The van der Waals surface area contributed by atoms with Gasteiger partial charge in [-0.05, 0) is 31.2 Å². The Morgan fingerprint density at radius 3 is 1.46 bits per heavy atom. The fourth-order valence-electron chi connectivity index (χ4n) is 3.56. The maximum Gasteiger partial charge on any atom is 0.297 e. The van der Waals surface area contributed by atoms with E-state index in [0.29, 0.717) is 64.0 Å². The summed E-state index contributed by atoms with van der Waals surface area (Å²) in [5.74, 6) is -0.582. The van der Waals surface area contributed by atoms with Crippen LogP contribution in [0.4, 0.5) is 0 Å². The van der Waals surface area contributed by atoms with E-state index in [9.17, 15) is 18.0 Å². The van der Waals surface area contributed by atoms with Gasteiger partial charge in [-0.1, -0.05) is 29.8 Å². The number of imide groups is 1. The Morgan fingerprint density at radius 2 is 1.00 bits per heavy atom. The molecule has 1 aliphatic heterocycles. The molecule has 0 unspecified atom stereocenters. The lowest BCUT2D eigenvalue weighted by atomic mass is 10.1. The molecule has 0 N–H and O–H groups in total. The zero-order valence-electron chi connectivity index (χ0n) is 22.0. The number of hydrogen-bond acceptors (Lipinski definition) is 10. The molecule has 11 nitrogen and oxygen atoms in total. The smallest absolute Gasteiger partial charge is 0.297 e. The van der Waals surface area contributed by atoms with Gasteiger partial charge in [-0.25, -0.2) is 0 Å². The molecule has 214 valence electrons. The van der Waals surface area contributed by atoms with Crippen molar-refractivity contribution in [2.24, 2.45) is 0 Å². The average Bonchev–Trinajstić information content (AvgIpc) is 3.17. The standard InChI is InChI=1S/C27H35NO10S/c1-22-6-8-23(9-7-22)39(31,32)38-21-20-37-19-18-36-17-16-35-15-14-34-13-12-33-11-10-28-26(29)24-4-2-3-5-25(24)27(28)30/h2-9H,10-21H2,1H3.